The summed E-state index contributed by atoms with van der Waals surface area (Å²) in [5, 5.41) is 3.47. The molecule has 1 aliphatic carbocycles. The van der Waals surface area contributed by atoms with Gasteiger partial charge in [0.25, 0.3) is 0 Å². The first-order chi connectivity index (χ1) is 9.69. The molecule has 0 aliphatic heterocycles. The average molecular weight is 277 g/mol. The molecule has 1 atom stereocenters. The van der Waals surface area contributed by atoms with E-state index >= 15 is 0 Å². The van der Waals surface area contributed by atoms with Crippen LogP contribution in [0.3, 0.4) is 0 Å². The van der Waals surface area contributed by atoms with Gasteiger partial charge in [-0.3, -0.25) is 0 Å². The number of hydrogen-bond donors (Lipinski definition) is 1. The van der Waals surface area contributed by atoms with Crippen LogP contribution in [0.25, 0.3) is 0 Å². The number of rotatable bonds is 9. The number of hydrogen-bond acceptors (Lipinski definition) is 3. The maximum Gasteiger partial charge on any atom is 0.119 e. The summed E-state index contributed by atoms with van der Waals surface area (Å²) >= 11 is 0. The maximum atomic E-state index is 6.11. The third-order valence-corrected chi connectivity index (χ3v) is 3.72. The third kappa shape index (κ3) is 5.14. The van der Waals surface area contributed by atoms with Gasteiger partial charge in [0.1, 0.15) is 5.75 Å². The van der Waals surface area contributed by atoms with E-state index in [0.29, 0.717) is 6.04 Å². The number of methoxy groups -OCH3 is 1. The standard InChI is InChI=1S/C17H27NO2/c1-13(2)18-12-17(20-10-9-14-7-8-14)15-5-4-6-16(11-15)19-3/h4-6,11,13-14,17-18H,7-10,12H2,1-3H3. The highest BCUT2D eigenvalue weighted by molar-refractivity contribution is 5.30. The van der Waals surface area contributed by atoms with Crippen molar-refractivity contribution in [1.82, 2.24) is 5.32 Å². The smallest absolute Gasteiger partial charge is 0.119 e. The quantitative estimate of drug-likeness (QED) is 0.749. The van der Waals surface area contributed by atoms with Crippen molar-refractivity contribution in [3.8, 4) is 5.75 Å². The molecule has 112 valence electrons. The summed E-state index contributed by atoms with van der Waals surface area (Å²) in [7, 11) is 1.70. The van der Waals surface area contributed by atoms with Crippen molar-refractivity contribution in [2.24, 2.45) is 5.92 Å². The van der Waals surface area contributed by atoms with Crippen molar-refractivity contribution in [2.45, 2.75) is 45.3 Å². The van der Waals surface area contributed by atoms with E-state index in [4.69, 9.17) is 9.47 Å². The van der Waals surface area contributed by atoms with Gasteiger partial charge in [0.15, 0.2) is 0 Å². The predicted octanol–water partition coefficient (Wildman–Crippen LogP) is 3.55. The molecule has 20 heavy (non-hydrogen) atoms. The van der Waals surface area contributed by atoms with Crippen LogP contribution in [0.1, 0.15) is 44.8 Å². The van der Waals surface area contributed by atoms with E-state index in [1.54, 1.807) is 7.11 Å². The molecule has 1 aromatic rings. The first kappa shape index (κ1) is 15.3. The number of benzene rings is 1. The van der Waals surface area contributed by atoms with Gasteiger partial charge >= 0.3 is 0 Å². The van der Waals surface area contributed by atoms with Crippen molar-refractivity contribution in [3.05, 3.63) is 29.8 Å². The molecule has 1 unspecified atom stereocenters. The van der Waals surface area contributed by atoms with Crippen LogP contribution in [0.5, 0.6) is 5.75 Å². The van der Waals surface area contributed by atoms with Gasteiger partial charge < -0.3 is 14.8 Å². The van der Waals surface area contributed by atoms with Crippen LogP contribution < -0.4 is 10.1 Å². The highest BCUT2D eigenvalue weighted by Gasteiger charge is 2.21. The fraction of sp³-hybridized carbons (Fsp3) is 0.647. The van der Waals surface area contributed by atoms with Gasteiger partial charge in [-0.25, -0.2) is 0 Å². The Morgan fingerprint density at radius 1 is 1.30 bits per heavy atom. The lowest BCUT2D eigenvalue weighted by Gasteiger charge is -2.21. The van der Waals surface area contributed by atoms with Crippen molar-refractivity contribution < 1.29 is 9.47 Å². The molecular formula is C17H27NO2. The van der Waals surface area contributed by atoms with Crippen LogP contribution in [-0.2, 0) is 4.74 Å². The van der Waals surface area contributed by atoms with Crippen LogP contribution >= 0.6 is 0 Å². The fourth-order valence-electron chi connectivity index (χ4n) is 2.24. The SMILES string of the molecule is COc1cccc(C(CNC(C)C)OCCC2CC2)c1. The normalized spacial score (nSPS) is 16.4. The molecule has 3 heteroatoms. The highest BCUT2D eigenvalue weighted by atomic mass is 16.5. The van der Waals surface area contributed by atoms with Gasteiger partial charge in [-0.05, 0) is 30.0 Å². The van der Waals surface area contributed by atoms with E-state index in [9.17, 15) is 0 Å². The minimum Gasteiger partial charge on any atom is -0.497 e. The van der Waals surface area contributed by atoms with Crippen LogP contribution in [0.2, 0.25) is 0 Å². The zero-order chi connectivity index (χ0) is 14.4. The zero-order valence-electron chi connectivity index (χ0n) is 12.9. The van der Waals surface area contributed by atoms with Crippen LogP contribution in [0, 0.1) is 5.92 Å². The largest absolute Gasteiger partial charge is 0.497 e. The predicted molar refractivity (Wildman–Crippen MR) is 82.2 cm³/mol. The summed E-state index contributed by atoms with van der Waals surface area (Å²) in [5.74, 6) is 1.81. The molecule has 2 rings (SSSR count). The van der Waals surface area contributed by atoms with E-state index in [2.05, 4.69) is 31.3 Å². The molecule has 0 aromatic heterocycles. The van der Waals surface area contributed by atoms with E-state index in [-0.39, 0.29) is 6.10 Å². The molecule has 0 radical (unpaired) electrons. The van der Waals surface area contributed by atoms with Crippen LogP contribution in [-0.4, -0.2) is 26.3 Å². The van der Waals surface area contributed by atoms with Gasteiger partial charge in [0.2, 0.25) is 0 Å². The van der Waals surface area contributed by atoms with E-state index in [1.165, 1.54) is 24.8 Å². The molecule has 1 N–H and O–H groups in total. The van der Waals surface area contributed by atoms with Crippen LogP contribution in [0.15, 0.2) is 24.3 Å². The summed E-state index contributed by atoms with van der Waals surface area (Å²) in [6.45, 7) is 6.02. The van der Waals surface area contributed by atoms with E-state index < -0.39 is 0 Å². The lowest BCUT2D eigenvalue weighted by molar-refractivity contribution is 0.0472. The number of nitrogens with one attached hydrogen (secondary N) is 1. The van der Waals surface area contributed by atoms with Gasteiger partial charge in [-0.2, -0.15) is 0 Å². The molecule has 1 aromatic carbocycles. The Hall–Kier alpha value is -1.06. The topological polar surface area (TPSA) is 30.5 Å². The Balaban J connectivity index is 1.94. The Morgan fingerprint density at radius 3 is 2.75 bits per heavy atom. The summed E-state index contributed by atoms with van der Waals surface area (Å²) in [4.78, 5) is 0. The number of ether oxygens (including phenoxy) is 2. The lowest BCUT2D eigenvalue weighted by Crippen LogP contribution is -2.29. The Bertz CT molecular complexity index is 402. The second-order valence-corrected chi connectivity index (χ2v) is 5.93. The molecular weight excluding hydrogens is 250 g/mol. The minimum absolute atomic E-state index is 0.103. The third-order valence-electron chi connectivity index (χ3n) is 3.72. The summed E-state index contributed by atoms with van der Waals surface area (Å²) < 4.78 is 11.4. The zero-order valence-corrected chi connectivity index (χ0v) is 12.9. The summed E-state index contributed by atoms with van der Waals surface area (Å²) in [5.41, 5.74) is 1.19. The lowest BCUT2D eigenvalue weighted by atomic mass is 10.1. The molecule has 1 aliphatic rings. The molecule has 0 saturated heterocycles. The van der Waals surface area contributed by atoms with Gasteiger partial charge in [0.05, 0.1) is 13.2 Å². The fourth-order valence-corrected chi connectivity index (χ4v) is 2.24. The van der Waals surface area contributed by atoms with Gasteiger partial charge in [-0.1, -0.05) is 38.8 Å². The molecule has 1 fully saturated rings. The maximum absolute atomic E-state index is 6.11. The van der Waals surface area contributed by atoms with Crippen molar-refractivity contribution >= 4 is 0 Å². The molecule has 1 saturated carbocycles. The second kappa shape index (κ2) is 7.65. The summed E-state index contributed by atoms with van der Waals surface area (Å²) in [6, 6.07) is 8.66. The van der Waals surface area contributed by atoms with Crippen LogP contribution in [0.4, 0.5) is 0 Å². The van der Waals surface area contributed by atoms with Crippen molar-refractivity contribution in [1.29, 1.82) is 0 Å². The summed E-state index contributed by atoms with van der Waals surface area (Å²) in [6.07, 6.45) is 4.07. The Morgan fingerprint density at radius 2 is 2.10 bits per heavy atom. The minimum atomic E-state index is 0.103. The van der Waals surface area contributed by atoms with Crippen molar-refractivity contribution in [3.63, 3.8) is 0 Å². The average Bonchev–Trinajstić information content (AvgIpc) is 3.26. The first-order valence-corrected chi connectivity index (χ1v) is 7.68. The Labute approximate surface area is 122 Å². The van der Waals surface area contributed by atoms with E-state index in [1.807, 2.05) is 12.1 Å². The monoisotopic (exact) mass is 277 g/mol. The first-order valence-electron chi connectivity index (χ1n) is 7.68. The van der Waals surface area contributed by atoms with E-state index in [0.717, 1.165) is 24.8 Å². The van der Waals surface area contributed by atoms with Gasteiger partial charge in [0, 0.05) is 19.2 Å². The Kier molecular flexibility index (Phi) is 5.86. The molecule has 0 spiro atoms. The molecule has 0 amide bonds. The molecule has 3 nitrogen and oxygen atoms in total. The van der Waals surface area contributed by atoms with Crippen molar-refractivity contribution in [2.75, 3.05) is 20.3 Å². The highest BCUT2D eigenvalue weighted by Crippen LogP contribution is 2.33. The second-order valence-electron chi connectivity index (χ2n) is 5.93. The van der Waals surface area contributed by atoms with Gasteiger partial charge in [-0.15, -0.1) is 0 Å². The molecule has 0 bridgehead atoms. The molecule has 0 heterocycles.